The quantitative estimate of drug-likeness (QED) is 0.860. The summed E-state index contributed by atoms with van der Waals surface area (Å²) >= 11 is 0. The Morgan fingerprint density at radius 3 is 2.76 bits per heavy atom. The fourth-order valence-corrected chi connectivity index (χ4v) is 2.79. The Hall–Kier alpha value is -1.35. The highest BCUT2D eigenvalue weighted by Gasteiger charge is 2.26. The van der Waals surface area contributed by atoms with Gasteiger partial charge in [-0.15, -0.1) is 0 Å². The molecule has 0 saturated heterocycles. The van der Waals surface area contributed by atoms with Gasteiger partial charge in [-0.25, -0.2) is 0 Å². The fraction of sp³-hybridized carbons (Fsp3) is 0.500. The predicted molar refractivity (Wildman–Crippen MR) is 69.9 cm³/mol. The molecular weight excluding hydrogens is 210 g/mol. The van der Waals surface area contributed by atoms with Gasteiger partial charge in [0.05, 0.1) is 5.52 Å². The minimum absolute atomic E-state index is 0.0443. The van der Waals surface area contributed by atoms with Gasteiger partial charge in [0.15, 0.2) is 0 Å². The van der Waals surface area contributed by atoms with Crippen LogP contribution in [-0.4, -0.2) is 9.78 Å². The van der Waals surface area contributed by atoms with Crippen molar-refractivity contribution in [3.63, 3.8) is 0 Å². The standard InChI is InChI=1S/C14H19N3/c1-9(15)11-7-4-8-12-13(11)16-17(2)14(12)10-5-3-6-10/h4,7-10H,3,5-6,15H2,1-2H3. The fourth-order valence-electron chi connectivity index (χ4n) is 2.79. The molecule has 1 aromatic carbocycles. The van der Waals surface area contributed by atoms with E-state index in [1.807, 2.05) is 6.92 Å². The first-order valence-corrected chi connectivity index (χ1v) is 6.39. The van der Waals surface area contributed by atoms with Crippen molar-refractivity contribution < 1.29 is 0 Å². The highest BCUT2D eigenvalue weighted by atomic mass is 15.3. The summed E-state index contributed by atoms with van der Waals surface area (Å²) in [6, 6.07) is 6.42. The third-order valence-corrected chi connectivity index (χ3v) is 3.92. The van der Waals surface area contributed by atoms with Gasteiger partial charge in [0.2, 0.25) is 0 Å². The molecular formula is C14H19N3. The average molecular weight is 229 g/mol. The first kappa shape index (κ1) is 10.8. The topological polar surface area (TPSA) is 43.8 Å². The lowest BCUT2D eigenvalue weighted by Gasteiger charge is -2.25. The highest BCUT2D eigenvalue weighted by Crippen LogP contribution is 2.40. The van der Waals surface area contributed by atoms with Crippen LogP contribution in [0.2, 0.25) is 0 Å². The minimum Gasteiger partial charge on any atom is -0.324 e. The van der Waals surface area contributed by atoms with Gasteiger partial charge in [0.1, 0.15) is 0 Å². The maximum absolute atomic E-state index is 6.01. The molecule has 1 fully saturated rings. The smallest absolute Gasteiger partial charge is 0.0973 e. The van der Waals surface area contributed by atoms with E-state index in [-0.39, 0.29) is 6.04 Å². The van der Waals surface area contributed by atoms with Gasteiger partial charge in [-0.05, 0) is 25.3 Å². The van der Waals surface area contributed by atoms with Gasteiger partial charge in [-0.3, -0.25) is 4.68 Å². The lowest BCUT2D eigenvalue weighted by molar-refractivity contribution is 0.399. The van der Waals surface area contributed by atoms with E-state index in [4.69, 9.17) is 5.73 Å². The molecule has 1 heterocycles. The largest absolute Gasteiger partial charge is 0.324 e. The van der Waals surface area contributed by atoms with Crippen LogP contribution >= 0.6 is 0 Å². The Balaban J connectivity index is 2.23. The van der Waals surface area contributed by atoms with Gasteiger partial charge >= 0.3 is 0 Å². The molecule has 0 bridgehead atoms. The molecule has 1 saturated carbocycles. The number of rotatable bonds is 2. The van der Waals surface area contributed by atoms with E-state index >= 15 is 0 Å². The van der Waals surface area contributed by atoms with Crippen molar-refractivity contribution in [2.24, 2.45) is 12.8 Å². The summed E-state index contributed by atoms with van der Waals surface area (Å²) in [5.74, 6) is 0.702. The lowest BCUT2D eigenvalue weighted by atomic mass is 9.81. The zero-order valence-electron chi connectivity index (χ0n) is 10.5. The van der Waals surface area contributed by atoms with Crippen molar-refractivity contribution in [2.45, 2.75) is 38.1 Å². The molecule has 90 valence electrons. The number of hydrogen-bond acceptors (Lipinski definition) is 2. The van der Waals surface area contributed by atoms with Crippen LogP contribution in [0.5, 0.6) is 0 Å². The normalized spacial score (nSPS) is 18.3. The summed E-state index contributed by atoms with van der Waals surface area (Å²) in [7, 11) is 2.05. The molecule has 17 heavy (non-hydrogen) atoms. The minimum atomic E-state index is 0.0443. The van der Waals surface area contributed by atoms with E-state index in [2.05, 4.69) is 35.0 Å². The number of hydrogen-bond donors (Lipinski definition) is 1. The average Bonchev–Trinajstić information content (AvgIpc) is 2.53. The van der Waals surface area contributed by atoms with Crippen LogP contribution in [0.3, 0.4) is 0 Å². The molecule has 0 radical (unpaired) electrons. The number of aryl methyl sites for hydroxylation is 1. The van der Waals surface area contributed by atoms with Crippen molar-refractivity contribution >= 4 is 10.9 Å². The zero-order valence-corrected chi connectivity index (χ0v) is 10.5. The molecule has 0 amide bonds. The summed E-state index contributed by atoms with van der Waals surface area (Å²) in [6.07, 6.45) is 3.96. The summed E-state index contributed by atoms with van der Waals surface area (Å²) < 4.78 is 2.06. The van der Waals surface area contributed by atoms with Gasteiger partial charge in [0, 0.05) is 30.1 Å². The monoisotopic (exact) mass is 229 g/mol. The van der Waals surface area contributed by atoms with Gasteiger partial charge in [-0.2, -0.15) is 5.10 Å². The van der Waals surface area contributed by atoms with Crippen LogP contribution < -0.4 is 5.73 Å². The number of nitrogens with two attached hydrogens (primary N) is 1. The van der Waals surface area contributed by atoms with Gasteiger partial charge < -0.3 is 5.73 Å². The molecule has 2 N–H and O–H groups in total. The first-order chi connectivity index (χ1) is 8.18. The molecule has 1 aromatic heterocycles. The summed E-state index contributed by atoms with van der Waals surface area (Å²) in [5.41, 5.74) is 9.66. The maximum Gasteiger partial charge on any atom is 0.0973 e. The molecule has 2 aromatic rings. The Morgan fingerprint density at radius 2 is 2.18 bits per heavy atom. The van der Waals surface area contributed by atoms with Crippen LogP contribution in [0.25, 0.3) is 10.9 Å². The van der Waals surface area contributed by atoms with E-state index in [0.717, 1.165) is 11.1 Å². The molecule has 3 nitrogen and oxygen atoms in total. The molecule has 3 heteroatoms. The molecule has 0 spiro atoms. The summed E-state index contributed by atoms with van der Waals surface area (Å²) in [4.78, 5) is 0. The van der Waals surface area contributed by atoms with E-state index < -0.39 is 0 Å². The van der Waals surface area contributed by atoms with E-state index in [1.165, 1.54) is 30.3 Å². The molecule has 1 atom stereocenters. The SMILES string of the molecule is CC(N)c1cccc2c(C3CCC3)n(C)nc12. The lowest BCUT2D eigenvalue weighted by Crippen LogP contribution is -2.13. The van der Waals surface area contributed by atoms with Gasteiger partial charge in [0.25, 0.3) is 0 Å². The van der Waals surface area contributed by atoms with Crippen molar-refractivity contribution in [3.05, 3.63) is 29.5 Å². The van der Waals surface area contributed by atoms with Crippen molar-refractivity contribution in [1.29, 1.82) is 0 Å². The van der Waals surface area contributed by atoms with Crippen LogP contribution in [-0.2, 0) is 7.05 Å². The first-order valence-electron chi connectivity index (χ1n) is 6.39. The number of nitrogens with zero attached hydrogens (tertiary/aromatic N) is 2. The molecule has 3 rings (SSSR count). The molecule has 1 aliphatic rings. The second-order valence-corrected chi connectivity index (χ2v) is 5.17. The number of benzene rings is 1. The maximum atomic E-state index is 6.01. The van der Waals surface area contributed by atoms with E-state index in [0.29, 0.717) is 5.92 Å². The van der Waals surface area contributed by atoms with Crippen LogP contribution in [0, 0.1) is 0 Å². The third-order valence-electron chi connectivity index (χ3n) is 3.92. The molecule has 1 aliphatic carbocycles. The highest BCUT2D eigenvalue weighted by molar-refractivity contribution is 5.85. The van der Waals surface area contributed by atoms with Crippen molar-refractivity contribution in [1.82, 2.24) is 9.78 Å². The predicted octanol–water partition coefficient (Wildman–Crippen LogP) is 2.86. The number of fused-ring (bicyclic) bond motifs is 1. The van der Waals surface area contributed by atoms with E-state index in [1.54, 1.807) is 0 Å². The Morgan fingerprint density at radius 1 is 1.41 bits per heavy atom. The molecule has 1 unspecified atom stereocenters. The van der Waals surface area contributed by atoms with Crippen LogP contribution in [0.1, 0.15) is 49.4 Å². The number of aromatic nitrogens is 2. The Kier molecular flexibility index (Phi) is 2.44. The second-order valence-electron chi connectivity index (χ2n) is 5.17. The summed E-state index contributed by atoms with van der Waals surface area (Å²) in [5, 5.41) is 5.97. The van der Waals surface area contributed by atoms with Crippen molar-refractivity contribution in [2.75, 3.05) is 0 Å². The van der Waals surface area contributed by atoms with Crippen LogP contribution in [0.4, 0.5) is 0 Å². The van der Waals surface area contributed by atoms with E-state index in [9.17, 15) is 0 Å². The summed E-state index contributed by atoms with van der Waals surface area (Å²) in [6.45, 7) is 2.02. The third kappa shape index (κ3) is 1.57. The molecule has 0 aliphatic heterocycles. The van der Waals surface area contributed by atoms with Gasteiger partial charge in [-0.1, -0.05) is 24.6 Å². The zero-order chi connectivity index (χ0) is 12.0. The Labute approximate surface area is 102 Å². The van der Waals surface area contributed by atoms with Crippen molar-refractivity contribution in [3.8, 4) is 0 Å². The van der Waals surface area contributed by atoms with Crippen LogP contribution in [0.15, 0.2) is 18.2 Å². The second kappa shape index (κ2) is 3.84. The Bertz CT molecular complexity index is 550.